The van der Waals surface area contributed by atoms with Gasteiger partial charge in [-0.3, -0.25) is 19.2 Å². The standard InChI is InChI=1S/C22H24N4O3/c1-2-26-19-9-4-3-8-18(19)21(27)20(24-26)22(28)23-17-7-5-6-16(14-17)15-25-10-12-29-13-11-25/h3-9,14H,2,10-13,15H2,1H3,(H,23,28). The Morgan fingerprint density at radius 3 is 2.72 bits per heavy atom. The minimum atomic E-state index is -0.494. The summed E-state index contributed by atoms with van der Waals surface area (Å²) in [6.45, 7) is 6.57. The summed E-state index contributed by atoms with van der Waals surface area (Å²) in [5, 5.41) is 7.63. The van der Waals surface area contributed by atoms with Gasteiger partial charge in [0.2, 0.25) is 5.43 Å². The molecule has 1 aliphatic heterocycles. The number of hydrogen-bond acceptors (Lipinski definition) is 5. The van der Waals surface area contributed by atoms with Gasteiger partial charge in [0, 0.05) is 37.3 Å². The van der Waals surface area contributed by atoms with Gasteiger partial charge in [0.25, 0.3) is 5.91 Å². The zero-order chi connectivity index (χ0) is 20.2. The van der Waals surface area contributed by atoms with Crippen LogP contribution >= 0.6 is 0 Å². The van der Waals surface area contributed by atoms with Crippen LogP contribution in [-0.4, -0.2) is 46.9 Å². The molecule has 7 nitrogen and oxygen atoms in total. The fourth-order valence-corrected chi connectivity index (χ4v) is 3.58. The van der Waals surface area contributed by atoms with Crippen LogP contribution in [0.25, 0.3) is 10.9 Å². The summed E-state index contributed by atoms with van der Waals surface area (Å²) < 4.78 is 7.07. The van der Waals surface area contributed by atoms with Crippen LogP contribution in [-0.2, 0) is 17.8 Å². The molecule has 150 valence electrons. The van der Waals surface area contributed by atoms with Gasteiger partial charge in [-0.25, -0.2) is 0 Å². The molecule has 0 bridgehead atoms. The maximum Gasteiger partial charge on any atom is 0.280 e. The molecule has 0 atom stereocenters. The molecule has 0 saturated carbocycles. The molecule has 1 fully saturated rings. The second-order valence-corrected chi connectivity index (χ2v) is 7.05. The Bertz CT molecular complexity index is 1090. The number of aromatic nitrogens is 2. The summed E-state index contributed by atoms with van der Waals surface area (Å²) >= 11 is 0. The molecule has 0 unspecified atom stereocenters. The number of anilines is 1. The molecule has 2 aromatic carbocycles. The monoisotopic (exact) mass is 392 g/mol. The van der Waals surface area contributed by atoms with E-state index in [0.717, 1.165) is 43.9 Å². The van der Waals surface area contributed by atoms with Gasteiger partial charge in [-0.15, -0.1) is 0 Å². The van der Waals surface area contributed by atoms with Crippen molar-refractivity contribution in [1.82, 2.24) is 14.7 Å². The highest BCUT2D eigenvalue weighted by Crippen LogP contribution is 2.15. The third-order valence-corrected chi connectivity index (χ3v) is 5.07. The molecule has 0 radical (unpaired) electrons. The third-order valence-electron chi connectivity index (χ3n) is 5.07. The van der Waals surface area contributed by atoms with Crippen molar-refractivity contribution in [3.8, 4) is 0 Å². The Labute approximate surface area is 168 Å². The fraction of sp³-hybridized carbons (Fsp3) is 0.318. The van der Waals surface area contributed by atoms with Crippen LogP contribution in [0.3, 0.4) is 0 Å². The number of carbonyl (C=O) groups is 1. The van der Waals surface area contributed by atoms with E-state index in [4.69, 9.17) is 4.74 Å². The molecule has 0 spiro atoms. The van der Waals surface area contributed by atoms with E-state index < -0.39 is 5.91 Å². The van der Waals surface area contributed by atoms with Crippen LogP contribution in [0.2, 0.25) is 0 Å². The normalized spacial score (nSPS) is 14.8. The zero-order valence-electron chi connectivity index (χ0n) is 16.4. The van der Waals surface area contributed by atoms with Crippen LogP contribution < -0.4 is 10.7 Å². The molecule has 2 heterocycles. The van der Waals surface area contributed by atoms with Crippen molar-refractivity contribution in [2.75, 3.05) is 31.6 Å². The van der Waals surface area contributed by atoms with E-state index in [1.165, 1.54) is 0 Å². The number of ether oxygens (including phenoxy) is 1. The van der Waals surface area contributed by atoms with Crippen molar-refractivity contribution in [1.29, 1.82) is 0 Å². The Hall–Kier alpha value is -3.03. The van der Waals surface area contributed by atoms with Crippen LogP contribution in [0.5, 0.6) is 0 Å². The highest BCUT2D eigenvalue weighted by molar-refractivity contribution is 6.04. The minimum Gasteiger partial charge on any atom is -0.379 e. The van der Waals surface area contributed by atoms with Crippen molar-refractivity contribution >= 4 is 22.5 Å². The van der Waals surface area contributed by atoms with Crippen molar-refractivity contribution in [2.45, 2.75) is 20.0 Å². The summed E-state index contributed by atoms with van der Waals surface area (Å²) in [7, 11) is 0. The van der Waals surface area contributed by atoms with Crippen LogP contribution in [0.15, 0.2) is 53.3 Å². The summed E-state index contributed by atoms with van der Waals surface area (Å²) in [5.41, 5.74) is 2.03. The number of nitrogens with one attached hydrogen (secondary N) is 1. The molecule has 1 amide bonds. The number of fused-ring (bicyclic) bond motifs is 1. The molecule has 4 rings (SSSR count). The van der Waals surface area contributed by atoms with Crippen LogP contribution in [0.1, 0.15) is 23.0 Å². The van der Waals surface area contributed by atoms with Gasteiger partial charge in [0.1, 0.15) is 0 Å². The molecule has 7 heteroatoms. The summed E-state index contributed by atoms with van der Waals surface area (Å²) in [6, 6.07) is 14.9. The van der Waals surface area contributed by atoms with Gasteiger partial charge < -0.3 is 10.1 Å². The van der Waals surface area contributed by atoms with E-state index >= 15 is 0 Å². The van der Waals surface area contributed by atoms with Crippen molar-refractivity contribution in [3.05, 3.63) is 70.0 Å². The Morgan fingerprint density at radius 1 is 1.14 bits per heavy atom. The molecule has 1 aliphatic rings. The average Bonchev–Trinajstić information content (AvgIpc) is 2.75. The highest BCUT2D eigenvalue weighted by atomic mass is 16.5. The number of rotatable bonds is 5. The van der Waals surface area contributed by atoms with E-state index in [2.05, 4.69) is 15.3 Å². The largest absolute Gasteiger partial charge is 0.379 e. The Kier molecular flexibility index (Phi) is 5.69. The number of nitrogens with zero attached hydrogens (tertiary/aromatic N) is 3. The second-order valence-electron chi connectivity index (χ2n) is 7.05. The molecule has 1 aromatic heterocycles. The zero-order valence-corrected chi connectivity index (χ0v) is 16.4. The van der Waals surface area contributed by atoms with E-state index in [9.17, 15) is 9.59 Å². The third kappa shape index (κ3) is 4.21. The average molecular weight is 392 g/mol. The second kappa shape index (κ2) is 8.55. The highest BCUT2D eigenvalue weighted by Gasteiger charge is 2.17. The Morgan fingerprint density at radius 2 is 1.93 bits per heavy atom. The maximum atomic E-state index is 12.8. The smallest absolute Gasteiger partial charge is 0.280 e. The van der Waals surface area contributed by atoms with Crippen molar-refractivity contribution in [2.24, 2.45) is 0 Å². The predicted molar refractivity (Wildman–Crippen MR) is 112 cm³/mol. The fourth-order valence-electron chi connectivity index (χ4n) is 3.58. The number of morpholine rings is 1. The van der Waals surface area contributed by atoms with Gasteiger partial charge in [-0.2, -0.15) is 5.10 Å². The maximum absolute atomic E-state index is 12.8. The first-order valence-electron chi connectivity index (χ1n) is 9.86. The lowest BCUT2D eigenvalue weighted by Crippen LogP contribution is -2.35. The SMILES string of the molecule is CCn1nc(C(=O)Nc2cccc(CN3CCOCC3)c2)c(=O)c2ccccc21. The summed E-state index contributed by atoms with van der Waals surface area (Å²) in [5.74, 6) is -0.494. The van der Waals surface area contributed by atoms with E-state index in [0.29, 0.717) is 17.6 Å². The number of para-hydroxylation sites is 1. The van der Waals surface area contributed by atoms with E-state index in [-0.39, 0.29) is 11.1 Å². The van der Waals surface area contributed by atoms with Gasteiger partial charge in [0.05, 0.1) is 18.7 Å². The quantitative estimate of drug-likeness (QED) is 0.722. The van der Waals surface area contributed by atoms with Gasteiger partial charge in [-0.05, 0) is 36.8 Å². The first kappa shape index (κ1) is 19.3. The van der Waals surface area contributed by atoms with E-state index in [1.807, 2.05) is 43.3 Å². The van der Waals surface area contributed by atoms with Crippen molar-refractivity contribution < 1.29 is 9.53 Å². The van der Waals surface area contributed by atoms with Gasteiger partial charge >= 0.3 is 0 Å². The van der Waals surface area contributed by atoms with Crippen LogP contribution in [0, 0.1) is 0 Å². The van der Waals surface area contributed by atoms with Gasteiger partial charge in [0.15, 0.2) is 5.69 Å². The molecule has 29 heavy (non-hydrogen) atoms. The minimum absolute atomic E-state index is 0.0934. The number of amides is 1. The van der Waals surface area contributed by atoms with Gasteiger partial charge in [-0.1, -0.05) is 24.3 Å². The number of hydrogen-bond donors (Lipinski definition) is 1. The summed E-state index contributed by atoms with van der Waals surface area (Å²) in [4.78, 5) is 28.0. The molecule has 1 saturated heterocycles. The number of benzene rings is 2. The molecule has 1 N–H and O–H groups in total. The number of carbonyl (C=O) groups excluding carboxylic acids is 1. The first-order chi connectivity index (χ1) is 14.2. The number of aryl methyl sites for hydroxylation is 1. The van der Waals surface area contributed by atoms with Crippen LogP contribution in [0.4, 0.5) is 5.69 Å². The van der Waals surface area contributed by atoms with E-state index in [1.54, 1.807) is 16.8 Å². The van der Waals surface area contributed by atoms with Crippen molar-refractivity contribution in [3.63, 3.8) is 0 Å². The lowest BCUT2D eigenvalue weighted by atomic mass is 10.1. The lowest BCUT2D eigenvalue weighted by molar-refractivity contribution is 0.0342. The molecular weight excluding hydrogens is 368 g/mol. The molecular formula is C22H24N4O3. The topological polar surface area (TPSA) is 76.5 Å². The predicted octanol–water partition coefficient (Wildman–Crippen LogP) is 2.50. The Balaban J connectivity index is 1.57. The molecule has 3 aromatic rings. The first-order valence-corrected chi connectivity index (χ1v) is 9.86. The lowest BCUT2D eigenvalue weighted by Gasteiger charge is -2.26. The molecule has 0 aliphatic carbocycles. The summed E-state index contributed by atoms with van der Waals surface area (Å²) in [6.07, 6.45) is 0.